The van der Waals surface area contributed by atoms with Gasteiger partial charge in [-0.2, -0.15) is 0 Å². The molecule has 0 aromatic heterocycles. The summed E-state index contributed by atoms with van der Waals surface area (Å²) in [6.45, 7) is -0.889. The van der Waals surface area contributed by atoms with Crippen molar-refractivity contribution < 1.29 is 20.7 Å². The molecule has 4 nitrogen and oxygen atoms in total. The summed E-state index contributed by atoms with van der Waals surface area (Å²) in [5.41, 5.74) is 4.79. The second-order valence-electron chi connectivity index (χ2n) is 2.02. The average molecular weight is 169 g/mol. The summed E-state index contributed by atoms with van der Waals surface area (Å²) in [6.07, 6.45) is 0. The molecule has 0 amide bonds. The summed E-state index contributed by atoms with van der Waals surface area (Å²) < 4.78 is 0. The predicted octanol–water partition coefficient (Wildman–Crippen LogP) is -1.71. The summed E-state index contributed by atoms with van der Waals surface area (Å²) in [7, 11) is 0. The molecule has 0 spiro atoms. The maximum atomic E-state index is 9.01. The molecule has 4 N–H and O–H groups in total. The molecule has 0 fully saturated rings. The van der Waals surface area contributed by atoms with E-state index in [1.54, 1.807) is 0 Å². The van der Waals surface area contributed by atoms with Crippen LogP contribution in [0, 0.1) is 0 Å². The molecule has 0 heterocycles. The van der Waals surface area contributed by atoms with Crippen molar-refractivity contribution in [2.45, 2.75) is 0 Å². The number of aliphatic hydroxyl groups is 1. The van der Waals surface area contributed by atoms with Crippen LogP contribution in [0.15, 0.2) is 30.3 Å². The van der Waals surface area contributed by atoms with Crippen LogP contribution in [0.3, 0.4) is 0 Å². The van der Waals surface area contributed by atoms with Crippen LogP contribution < -0.4 is 10.8 Å². The van der Waals surface area contributed by atoms with Gasteiger partial charge in [0.25, 0.3) is 0 Å². The Hall–Kier alpha value is -1.39. The molecule has 0 aliphatic heterocycles. The lowest BCUT2D eigenvalue weighted by molar-refractivity contribution is -0.308. The van der Waals surface area contributed by atoms with Gasteiger partial charge in [-0.25, -0.2) is 0 Å². The highest BCUT2D eigenvalue weighted by molar-refractivity contribution is 5.65. The Balaban J connectivity index is 0.000000217. The minimum Gasteiger partial charge on any atom is -0.548 e. The molecule has 0 saturated heterocycles. The van der Waals surface area contributed by atoms with Crippen LogP contribution in [0.5, 0.6) is 0 Å². The van der Waals surface area contributed by atoms with Gasteiger partial charge in [-0.15, -0.1) is 0 Å². The third kappa shape index (κ3) is 6.73. The Bertz CT molecular complexity index is 223. The summed E-state index contributed by atoms with van der Waals surface area (Å²) >= 11 is 0. The van der Waals surface area contributed by atoms with Crippen LogP contribution in [-0.2, 0) is 4.79 Å². The van der Waals surface area contributed by atoms with E-state index in [2.05, 4.69) is 5.73 Å². The lowest BCUT2D eigenvalue weighted by Gasteiger charge is -1.86. The van der Waals surface area contributed by atoms with E-state index in [1.807, 2.05) is 30.3 Å². The zero-order valence-electron chi connectivity index (χ0n) is 6.56. The van der Waals surface area contributed by atoms with Gasteiger partial charge in [-0.3, -0.25) is 0 Å². The van der Waals surface area contributed by atoms with Crippen molar-refractivity contribution in [3.05, 3.63) is 30.3 Å². The van der Waals surface area contributed by atoms with E-state index in [0.29, 0.717) is 0 Å². The van der Waals surface area contributed by atoms with Gasteiger partial charge >= 0.3 is 0 Å². The van der Waals surface area contributed by atoms with Crippen molar-refractivity contribution in [2.75, 3.05) is 6.61 Å². The van der Waals surface area contributed by atoms with E-state index in [4.69, 9.17) is 15.0 Å². The van der Waals surface area contributed by atoms with Gasteiger partial charge in [-0.1, -0.05) is 18.2 Å². The maximum absolute atomic E-state index is 9.01. The fraction of sp³-hybridized carbons (Fsp3) is 0.125. The molecular formula is C8H11NO3. The van der Waals surface area contributed by atoms with Gasteiger partial charge in [0, 0.05) is 0 Å². The summed E-state index contributed by atoms with van der Waals surface area (Å²) in [4.78, 5) is 9.01. The van der Waals surface area contributed by atoms with E-state index in [0.717, 1.165) is 5.69 Å². The number of carboxylic acids is 1. The van der Waals surface area contributed by atoms with Gasteiger partial charge in [-0.05, 0) is 12.1 Å². The largest absolute Gasteiger partial charge is 0.548 e. The minimum atomic E-state index is -1.44. The second-order valence-corrected chi connectivity index (χ2v) is 2.02. The van der Waals surface area contributed by atoms with Crippen LogP contribution in [-0.4, -0.2) is 17.7 Å². The molecule has 0 saturated carbocycles. The molecule has 12 heavy (non-hydrogen) atoms. The van der Waals surface area contributed by atoms with Crippen LogP contribution in [0.4, 0.5) is 5.69 Å². The monoisotopic (exact) mass is 169 g/mol. The van der Waals surface area contributed by atoms with Crippen molar-refractivity contribution in [1.29, 1.82) is 0 Å². The quantitative estimate of drug-likeness (QED) is 0.524. The van der Waals surface area contributed by atoms with Crippen LogP contribution in [0.25, 0.3) is 0 Å². The van der Waals surface area contributed by atoms with Crippen molar-refractivity contribution in [2.24, 2.45) is 0 Å². The van der Waals surface area contributed by atoms with Crippen molar-refractivity contribution in [1.82, 2.24) is 0 Å². The Morgan fingerprint density at radius 2 is 1.83 bits per heavy atom. The first-order valence-corrected chi connectivity index (χ1v) is 3.34. The Kier molecular flexibility index (Phi) is 5.60. The number of carbonyl (C=O) groups excluding carboxylic acids is 1. The number of hydrogen-bond donors (Lipinski definition) is 2. The summed E-state index contributed by atoms with van der Waals surface area (Å²) in [5.74, 6) is -1.44. The average Bonchev–Trinajstić information content (AvgIpc) is 2.07. The number of carbonyl (C=O) groups is 1. The van der Waals surface area contributed by atoms with E-state index < -0.39 is 12.6 Å². The van der Waals surface area contributed by atoms with Crippen LogP contribution >= 0.6 is 0 Å². The molecule has 0 radical (unpaired) electrons. The number of hydrogen-bond acceptors (Lipinski definition) is 3. The highest BCUT2D eigenvalue weighted by atomic mass is 16.4. The van der Waals surface area contributed by atoms with Crippen molar-refractivity contribution in [3.63, 3.8) is 0 Å². The maximum Gasteiger partial charge on any atom is 0.127 e. The van der Waals surface area contributed by atoms with Crippen molar-refractivity contribution >= 4 is 11.7 Å². The fourth-order valence-corrected chi connectivity index (χ4v) is 0.478. The Morgan fingerprint density at radius 3 is 2.00 bits per heavy atom. The zero-order valence-corrected chi connectivity index (χ0v) is 6.56. The molecule has 0 bridgehead atoms. The first-order valence-electron chi connectivity index (χ1n) is 3.34. The number of carboxylic acid groups (broad SMARTS) is 1. The topological polar surface area (TPSA) is 88.0 Å². The van der Waals surface area contributed by atoms with Gasteiger partial charge in [0.1, 0.15) is 5.69 Å². The van der Waals surface area contributed by atoms with Gasteiger partial charge in [0.2, 0.25) is 0 Å². The first kappa shape index (κ1) is 10.6. The van der Waals surface area contributed by atoms with Gasteiger partial charge in [0.15, 0.2) is 0 Å². The van der Waals surface area contributed by atoms with E-state index >= 15 is 0 Å². The molecule has 0 aliphatic rings. The van der Waals surface area contributed by atoms with Crippen molar-refractivity contribution in [3.8, 4) is 0 Å². The Labute approximate surface area is 70.3 Å². The highest BCUT2D eigenvalue weighted by Gasteiger charge is 1.77. The molecule has 0 aliphatic carbocycles. The van der Waals surface area contributed by atoms with Gasteiger partial charge in [0.05, 0.1) is 12.6 Å². The SMILES string of the molecule is O=C([O-])CO.[NH3+]c1ccccc1. The number of rotatable bonds is 1. The molecule has 0 atom stereocenters. The standard InChI is InChI=1S/C6H7N.C2H4O3/c7-6-4-2-1-3-5-6;3-1-2(4)5/h1-5H,7H2;3H,1H2,(H,4,5). The first-order chi connectivity index (χ1) is 5.66. The lowest BCUT2D eigenvalue weighted by Crippen LogP contribution is -2.39. The van der Waals surface area contributed by atoms with Crippen LogP contribution in [0.1, 0.15) is 0 Å². The predicted molar refractivity (Wildman–Crippen MR) is 41.1 cm³/mol. The number of quaternary nitrogens is 1. The molecule has 1 aromatic carbocycles. The normalized spacial score (nSPS) is 8.17. The number of benzene rings is 1. The molecule has 0 unspecified atom stereocenters. The minimum absolute atomic E-state index is 0.889. The van der Waals surface area contributed by atoms with E-state index in [9.17, 15) is 0 Å². The highest BCUT2D eigenvalue weighted by Crippen LogP contribution is 1.93. The fourth-order valence-electron chi connectivity index (χ4n) is 0.478. The van der Waals surface area contributed by atoms with E-state index in [1.165, 1.54) is 0 Å². The third-order valence-corrected chi connectivity index (χ3v) is 0.972. The van der Waals surface area contributed by atoms with Gasteiger partial charge < -0.3 is 20.7 Å². The molecule has 1 aromatic rings. The lowest BCUT2D eigenvalue weighted by atomic mass is 10.3. The third-order valence-electron chi connectivity index (χ3n) is 0.972. The summed E-state index contributed by atoms with van der Waals surface area (Å²) in [5, 5.41) is 16.5. The van der Waals surface area contributed by atoms with E-state index in [-0.39, 0.29) is 0 Å². The molecule has 66 valence electrons. The number of aliphatic hydroxyl groups excluding tert-OH is 1. The number of aliphatic carboxylic acids is 1. The molecular weight excluding hydrogens is 158 g/mol. The molecule has 1 rings (SSSR count). The van der Waals surface area contributed by atoms with Crippen LogP contribution in [0.2, 0.25) is 0 Å². The molecule has 4 heteroatoms. The summed E-state index contributed by atoms with van der Waals surface area (Å²) in [6, 6.07) is 9.87. The zero-order chi connectivity index (χ0) is 9.40. The smallest absolute Gasteiger partial charge is 0.127 e. The second kappa shape index (κ2) is 6.33. The Morgan fingerprint density at radius 1 is 1.42 bits per heavy atom.